The number of benzene rings is 1. The molecule has 1 nitrogen and oxygen atoms in total. The Bertz CT molecular complexity index is 314. The van der Waals surface area contributed by atoms with Gasteiger partial charge in [-0.2, -0.15) is 0 Å². The summed E-state index contributed by atoms with van der Waals surface area (Å²) in [4.78, 5) is 0. The van der Waals surface area contributed by atoms with Crippen molar-refractivity contribution in [1.29, 1.82) is 0 Å². The lowest BCUT2D eigenvalue weighted by molar-refractivity contribution is 0.511. The molecule has 1 atom stereocenters. The quantitative estimate of drug-likeness (QED) is 0.868. The minimum atomic E-state index is -0.173. The van der Waals surface area contributed by atoms with Crippen LogP contribution in [0.5, 0.6) is 0 Å². The van der Waals surface area contributed by atoms with Gasteiger partial charge in [0.1, 0.15) is 5.82 Å². The fraction of sp³-hybridized carbons (Fsp3) is 0.500. The molecule has 0 fully saturated rings. The Hall–Kier alpha value is -0.410. The highest BCUT2D eigenvalue weighted by Gasteiger charge is 2.08. The van der Waals surface area contributed by atoms with E-state index < -0.39 is 0 Å². The monoisotopic (exact) mass is 273 g/mol. The maximum Gasteiger partial charge on any atom is 0.137 e. The van der Waals surface area contributed by atoms with Gasteiger partial charge in [0.15, 0.2) is 0 Å². The molecule has 0 aliphatic heterocycles. The van der Waals surface area contributed by atoms with Crippen LogP contribution in [0.1, 0.15) is 18.9 Å². The predicted molar refractivity (Wildman–Crippen MR) is 65.5 cm³/mol. The Labute approximate surface area is 99.2 Å². The fourth-order valence-corrected chi connectivity index (χ4v) is 2.00. The molecular formula is C12H17BrFN. The van der Waals surface area contributed by atoms with Gasteiger partial charge in [0.25, 0.3) is 0 Å². The summed E-state index contributed by atoms with van der Waals surface area (Å²) in [6, 6.07) is 5.22. The van der Waals surface area contributed by atoms with Crippen LogP contribution in [0.15, 0.2) is 22.7 Å². The molecular weight excluding hydrogens is 257 g/mol. The van der Waals surface area contributed by atoms with Gasteiger partial charge in [-0.1, -0.05) is 19.1 Å². The van der Waals surface area contributed by atoms with E-state index in [-0.39, 0.29) is 5.82 Å². The van der Waals surface area contributed by atoms with E-state index in [1.807, 2.05) is 13.1 Å². The van der Waals surface area contributed by atoms with Crippen LogP contribution in [0.2, 0.25) is 0 Å². The zero-order valence-electron chi connectivity index (χ0n) is 9.19. The third kappa shape index (κ3) is 3.92. The number of nitrogens with one attached hydrogen (secondary N) is 1. The third-order valence-electron chi connectivity index (χ3n) is 2.49. The number of hydrogen-bond acceptors (Lipinski definition) is 1. The molecule has 0 aliphatic carbocycles. The Kier molecular flexibility index (Phi) is 5.26. The third-order valence-corrected chi connectivity index (χ3v) is 3.38. The first kappa shape index (κ1) is 12.7. The van der Waals surface area contributed by atoms with Crippen LogP contribution in [-0.2, 0) is 6.42 Å². The molecule has 0 bridgehead atoms. The second-order valence-electron chi connectivity index (χ2n) is 3.91. The van der Waals surface area contributed by atoms with Gasteiger partial charge < -0.3 is 5.32 Å². The summed E-state index contributed by atoms with van der Waals surface area (Å²) in [7, 11) is 1.95. The Morgan fingerprint density at radius 2 is 2.20 bits per heavy atom. The van der Waals surface area contributed by atoms with E-state index in [2.05, 4.69) is 28.2 Å². The molecule has 84 valence electrons. The molecule has 0 saturated heterocycles. The first-order chi connectivity index (χ1) is 7.15. The van der Waals surface area contributed by atoms with E-state index in [9.17, 15) is 4.39 Å². The molecule has 0 amide bonds. The summed E-state index contributed by atoms with van der Waals surface area (Å²) in [5.41, 5.74) is 1.05. The van der Waals surface area contributed by atoms with Crippen LogP contribution in [0.4, 0.5) is 4.39 Å². The van der Waals surface area contributed by atoms with Crippen molar-refractivity contribution >= 4 is 15.9 Å². The highest BCUT2D eigenvalue weighted by Crippen LogP contribution is 2.23. The van der Waals surface area contributed by atoms with E-state index >= 15 is 0 Å². The Balaban J connectivity index is 2.60. The van der Waals surface area contributed by atoms with Crippen LogP contribution in [0, 0.1) is 11.7 Å². The van der Waals surface area contributed by atoms with Crippen LogP contribution in [0.3, 0.4) is 0 Å². The average Bonchev–Trinajstić information content (AvgIpc) is 2.22. The van der Waals surface area contributed by atoms with Crippen LogP contribution in [-0.4, -0.2) is 13.6 Å². The highest BCUT2D eigenvalue weighted by atomic mass is 79.9. The summed E-state index contributed by atoms with van der Waals surface area (Å²) in [6.07, 6.45) is 2.03. The van der Waals surface area contributed by atoms with Crippen molar-refractivity contribution in [3.63, 3.8) is 0 Å². The summed E-state index contributed by atoms with van der Waals surface area (Å²) >= 11 is 3.29. The second-order valence-corrected chi connectivity index (χ2v) is 4.71. The standard InChI is InChI=1S/C12H17BrFN/c1-9(6-7-15-2)8-10-4-3-5-11(14)12(10)13/h3-5,9,15H,6-8H2,1-2H3. The molecule has 1 aromatic carbocycles. The van der Waals surface area contributed by atoms with Crippen LogP contribution in [0.25, 0.3) is 0 Å². The molecule has 3 heteroatoms. The molecule has 15 heavy (non-hydrogen) atoms. The number of rotatable bonds is 5. The van der Waals surface area contributed by atoms with Gasteiger partial charge >= 0.3 is 0 Å². The van der Waals surface area contributed by atoms with Crippen molar-refractivity contribution in [3.8, 4) is 0 Å². The van der Waals surface area contributed by atoms with E-state index in [0.717, 1.165) is 24.9 Å². The first-order valence-electron chi connectivity index (χ1n) is 5.22. The minimum absolute atomic E-state index is 0.173. The Morgan fingerprint density at radius 1 is 1.47 bits per heavy atom. The van der Waals surface area contributed by atoms with Crippen molar-refractivity contribution in [2.45, 2.75) is 19.8 Å². The largest absolute Gasteiger partial charge is 0.320 e. The van der Waals surface area contributed by atoms with Gasteiger partial charge in [-0.15, -0.1) is 0 Å². The first-order valence-corrected chi connectivity index (χ1v) is 6.02. The topological polar surface area (TPSA) is 12.0 Å². The van der Waals surface area contributed by atoms with E-state index in [0.29, 0.717) is 10.4 Å². The molecule has 0 aliphatic rings. The zero-order valence-corrected chi connectivity index (χ0v) is 10.8. The van der Waals surface area contributed by atoms with Gasteiger partial charge in [-0.3, -0.25) is 0 Å². The van der Waals surface area contributed by atoms with E-state index in [1.54, 1.807) is 6.07 Å². The van der Waals surface area contributed by atoms with Crippen molar-refractivity contribution in [2.24, 2.45) is 5.92 Å². The van der Waals surface area contributed by atoms with E-state index in [4.69, 9.17) is 0 Å². The molecule has 0 saturated carbocycles. The molecule has 0 aromatic heterocycles. The maximum atomic E-state index is 13.2. The van der Waals surface area contributed by atoms with Gasteiger partial charge in [-0.05, 0) is 59.9 Å². The summed E-state index contributed by atoms with van der Waals surface area (Å²) in [5.74, 6) is 0.392. The number of halogens is 2. The molecule has 0 radical (unpaired) electrons. The lowest BCUT2D eigenvalue weighted by Gasteiger charge is -2.12. The lowest BCUT2D eigenvalue weighted by atomic mass is 9.98. The van der Waals surface area contributed by atoms with Crippen molar-refractivity contribution in [2.75, 3.05) is 13.6 Å². The zero-order chi connectivity index (χ0) is 11.3. The average molecular weight is 274 g/mol. The number of hydrogen-bond donors (Lipinski definition) is 1. The van der Waals surface area contributed by atoms with Crippen LogP contribution < -0.4 is 5.32 Å². The molecule has 0 spiro atoms. The molecule has 1 N–H and O–H groups in total. The summed E-state index contributed by atoms with van der Waals surface area (Å²) < 4.78 is 13.8. The highest BCUT2D eigenvalue weighted by molar-refractivity contribution is 9.10. The van der Waals surface area contributed by atoms with Gasteiger partial charge in [0.05, 0.1) is 4.47 Å². The van der Waals surface area contributed by atoms with Crippen molar-refractivity contribution < 1.29 is 4.39 Å². The summed E-state index contributed by atoms with van der Waals surface area (Å²) in [5, 5.41) is 3.12. The lowest BCUT2D eigenvalue weighted by Crippen LogP contribution is -2.13. The second kappa shape index (κ2) is 6.23. The normalized spacial score (nSPS) is 12.8. The SMILES string of the molecule is CNCCC(C)Cc1cccc(F)c1Br. The molecule has 1 aromatic rings. The summed E-state index contributed by atoms with van der Waals surface area (Å²) in [6.45, 7) is 3.20. The van der Waals surface area contributed by atoms with Gasteiger partial charge in [0.2, 0.25) is 0 Å². The maximum absolute atomic E-state index is 13.2. The van der Waals surface area contributed by atoms with Crippen molar-refractivity contribution in [1.82, 2.24) is 5.32 Å². The fourth-order valence-electron chi connectivity index (χ4n) is 1.57. The van der Waals surface area contributed by atoms with Gasteiger partial charge in [0, 0.05) is 0 Å². The molecule has 1 unspecified atom stereocenters. The van der Waals surface area contributed by atoms with Crippen LogP contribution >= 0.6 is 15.9 Å². The van der Waals surface area contributed by atoms with E-state index in [1.165, 1.54) is 6.07 Å². The smallest absolute Gasteiger partial charge is 0.137 e. The van der Waals surface area contributed by atoms with Gasteiger partial charge in [-0.25, -0.2) is 4.39 Å². The molecule has 1 rings (SSSR count). The molecule has 0 heterocycles. The van der Waals surface area contributed by atoms with Crippen molar-refractivity contribution in [3.05, 3.63) is 34.1 Å². The minimum Gasteiger partial charge on any atom is -0.320 e. The Morgan fingerprint density at radius 3 is 2.87 bits per heavy atom. The predicted octanol–water partition coefficient (Wildman–Crippen LogP) is 3.38.